The van der Waals surface area contributed by atoms with Crippen molar-refractivity contribution in [3.63, 3.8) is 0 Å². The van der Waals surface area contributed by atoms with Crippen LogP contribution in [0.5, 0.6) is 0 Å². The zero-order valence-electron chi connectivity index (χ0n) is 15.0. The number of hydrogen-bond acceptors (Lipinski definition) is 6. The van der Waals surface area contributed by atoms with Crippen LogP contribution in [0.2, 0.25) is 0 Å². The van der Waals surface area contributed by atoms with Gasteiger partial charge in [-0.25, -0.2) is 19.3 Å². The van der Waals surface area contributed by atoms with Gasteiger partial charge < -0.3 is 4.74 Å². The van der Waals surface area contributed by atoms with E-state index in [0.29, 0.717) is 30.4 Å². The predicted molar refractivity (Wildman–Crippen MR) is 100.0 cm³/mol. The molecule has 138 valence electrons. The molecule has 0 saturated heterocycles. The number of benzene rings is 1. The smallest absolute Gasteiger partial charge is 0.316 e. The molecule has 1 aliphatic rings. The summed E-state index contributed by atoms with van der Waals surface area (Å²) in [4.78, 5) is 26.7. The Morgan fingerprint density at radius 3 is 2.81 bits per heavy atom. The molecule has 27 heavy (non-hydrogen) atoms. The topological polar surface area (TPSA) is 65.0 Å². The van der Waals surface area contributed by atoms with Gasteiger partial charge in [0.15, 0.2) is 0 Å². The average Bonchev–Trinajstić information content (AvgIpc) is 3.13. The Morgan fingerprint density at radius 1 is 1.30 bits per heavy atom. The van der Waals surface area contributed by atoms with Gasteiger partial charge in [0.1, 0.15) is 17.2 Å². The predicted octanol–water partition coefficient (Wildman–Crippen LogP) is 3.65. The van der Waals surface area contributed by atoms with Crippen LogP contribution in [0.25, 0.3) is 10.6 Å². The van der Waals surface area contributed by atoms with Gasteiger partial charge in [-0.05, 0) is 37.0 Å². The SMILES string of the molecule is COC(=O)C1(c2cccc(F)c2C)CCc2nc(-c3cncnc3)sc2C1. The summed E-state index contributed by atoms with van der Waals surface area (Å²) in [6.07, 6.45) is 6.54. The molecule has 1 unspecified atom stereocenters. The van der Waals surface area contributed by atoms with E-state index in [1.54, 1.807) is 25.4 Å². The number of carbonyl (C=O) groups is 1. The summed E-state index contributed by atoms with van der Waals surface area (Å²) in [6, 6.07) is 4.89. The largest absolute Gasteiger partial charge is 0.468 e. The van der Waals surface area contributed by atoms with Crippen molar-refractivity contribution >= 4 is 17.3 Å². The number of fused-ring (bicyclic) bond motifs is 1. The lowest BCUT2D eigenvalue weighted by Crippen LogP contribution is -2.42. The number of aromatic nitrogens is 3. The molecule has 2 heterocycles. The zero-order valence-corrected chi connectivity index (χ0v) is 15.8. The van der Waals surface area contributed by atoms with Crippen molar-refractivity contribution < 1.29 is 13.9 Å². The molecular weight excluding hydrogens is 365 g/mol. The standard InChI is InChI=1S/C20H18FN3O2S/c1-12-14(4-3-5-15(12)21)20(19(25)26-2)7-6-16-17(8-20)27-18(24-16)13-9-22-11-23-10-13/h3-5,9-11H,6-8H2,1-2H3. The van der Waals surface area contributed by atoms with Crippen LogP contribution < -0.4 is 0 Å². The third-order valence-corrected chi connectivity index (χ3v) is 6.34. The first-order chi connectivity index (χ1) is 13.0. The van der Waals surface area contributed by atoms with E-state index < -0.39 is 5.41 Å². The molecule has 0 N–H and O–H groups in total. The molecule has 0 bridgehead atoms. The molecule has 1 atom stereocenters. The maximum absolute atomic E-state index is 14.2. The Labute approximate surface area is 160 Å². The Hall–Kier alpha value is -2.67. The van der Waals surface area contributed by atoms with Crippen molar-refractivity contribution in [3.05, 3.63) is 64.4 Å². The van der Waals surface area contributed by atoms with Gasteiger partial charge in [-0.15, -0.1) is 11.3 Å². The van der Waals surface area contributed by atoms with Crippen LogP contribution in [0.3, 0.4) is 0 Å². The maximum atomic E-state index is 14.2. The molecule has 0 saturated carbocycles. The molecule has 2 aromatic heterocycles. The summed E-state index contributed by atoms with van der Waals surface area (Å²) < 4.78 is 19.4. The van der Waals surface area contributed by atoms with Crippen molar-refractivity contribution in [3.8, 4) is 10.6 Å². The van der Waals surface area contributed by atoms with Gasteiger partial charge in [0, 0.05) is 29.3 Å². The van der Waals surface area contributed by atoms with E-state index in [4.69, 9.17) is 9.72 Å². The maximum Gasteiger partial charge on any atom is 0.316 e. The van der Waals surface area contributed by atoms with Crippen molar-refractivity contribution in [2.75, 3.05) is 7.11 Å². The van der Waals surface area contributed by atoms with Crippen LogP contribution in [0, 0.1) is 12.7 Å². The minimum atomic E-state index is -0.898. The lowest BCUT2D eigenvalue weighted by atomic mass is 9.69. The van der Waals surface area contributed by atoms with Crippen LogP contribution in [0.15, 0.2) is 36.9 Å². The number of nitrogens with zero attached hydrogens (tertiary/aromatic N) is 3. The second-order valence-electron chi connectivity index (χ2n) is 6.68. The number of carbonyl (C=O) groups excluding carboxylic acids is 1. The second kappa shape index (κ2) is 6.81. The van der Waals surface area contributed by atoms with E-state index in [0.717, 1.165) is 21.1 Å². The van der Waals surface area contributed by atoms with Crippen LogP contribution in [-0.4, -0.2) is 28.0 Å². The van der Waals surface area contributed by atoms with E-state index in [9.17, 15) is 9.18 Å². The summed E-state index contributed by atoms with van der Waals surface area (Å²) in [7, 11) is 1.38. The molecule has 1 aromatic carbocycles. The van der Waals surface area contributed by atoms with E-state index in [-0.39, 0.29) is 11.8 Å². The van der Waals surface area contributed by atoms with Gasteiger partial charge in [-0.3, -0.25) is 4.79 Å². The molecule has 0 aliphatic heterocycles. The second-order valence-corrected chi connectivity index (χ2v) is 7.76. The fourth-order valence-electron chi connectivity index (χ4n) is 3.78. The molecule has 5 nitrogen and oxygen atoms in total. The quantitative estimate of drug-likeness (QED) is 0.646. The number of rotatable bonds is 3. The molecule has 0 fully saturated rings. The van der Waals surface area contributed by atoms with E-state index in [1.807, 2.05) is 6.07 Å². The van der Waals surface area contributed by atoms with E-state index >= 15 is 0 Å². The molecule has 0 amide bonds. The lowest BCUT2D eigenvalue weighted by molar-refractivity contribution is -0.148. The third kappa shape index (κ3) is 2.92. The fraction of sp³-hybridized carbons (Fsp3) is 0.300. The van der Waals surface area contributed by atoms with E-state index in [2.05, 4.69) is 9.97 Å². The lowest BCUT2D eigenvalue weighted by Gasteiger charge is -2.35. The molecule has 3 aromatic rings. The van der Waals surface area contributed by atoms with Crippen LogP contribution in [0.1, 0.15) is 28.1 Å². The monoisotopic (exact) mass is 383 g/mol. The van der Waals surface area contributed by atoms with Gasteiger partial charge >= 0.3 is 5.97 Å². The Morgan fingerprint density at radius 2 is 2.07 bits per heavy atom. The first-order valence-electron chi connectivity index (χ1n) is 8.63. The summed E-state index contributed by atoms with van der Waals surface area (Å²) in [5, 5.41) is 0.831. The van der Waals surface area contributed by atoms with Crippen LogP contribution >= 0.6 is 11.3 Å². The van der Waals surface area contributed by atoms with E-state index in [1.165, 1.54) is 30.8 Å². The summed E-state index contributed by atoms with van der Waals surface area (Å²) in [5.74, 6) is -0.646. The van der Waals surface area contributed by atoms with Gasteiger partial charge in [0.2, 0.25) is 0 Å². The minimum absolute atomic E-state index is 0.312. The first-order valence-corrected chi connectivity index (χ1v) is 9.45. The highest BCUT2D eigenvalue weighted by molar-refractivity contribution is 7.15. The molecule has 4 rings (SSSR count). The summed E-state index contributed by atoms with van der Waals surface area (Å²) >= 11 is 1.53. The number of hydrogen-bond donors (Lipinski definition) is 0. The van der Waals surface area contributed by atoms with Crippen molar-refractivity contribution in [2.24, 2.45) is 0 Å². The Kier molecular flexibility index (Phi) is 4.47. The number of thiazole rings is 1. The van der Waals surface area contributed by atoms with Gasteiger partial charge in [-0.1, -0.05) is 12.1 Å². The highest BCUT2D eigenvalue weighted by atomic mass is 32.1. The molecule has 0 spiro atoms. The number of halogens is 1. The number of ether oxygens (including phenoxy) is 1. The third-order valence-electron chi connectivity index (χ3n) is 5.20. The summed E-state index contributed by atoms with van der Waals surface area (Å²) in [6.45, 7) is 1.71. The molecule has 0 radical (unpaired) electrons. The molecule has 7 heteroatoms. The molecular formula is C20H18FN3O2S. The normalized spacial score (nSPS) is 18.8. The summed E-state index contributed by atoms with van der Waals surface area (Å²) in [5.41, 5.74) is 2.12. The van der Waals surface area contributed by atoms with Crippen molar-refractivity contribution in [2.45, 2.75) is 31.6 Å². The van der Waals surface area contributed by atoms with Crippen LogP contribution in [0.4, 0.5) is 4.39 Å². The van der Waals surface area contributed by atoms with Crippen LogP contribution in [-0.2, 0) is 27.8 Å². The highest BCUT2D eigenvalue weighted by Gasteiger charge is 2.46. The highest BCUT2D eigenvalue weighted by Crippen LogP contribution is 2.44. The Bertz CT molecular complexity index is 1010. The Balaban J connectivity index is 1.80. The zero-order chi connectivity index (χ0) is 19.0. The van der Waals surface area contributed by atoms with Gasteiger partial charge in [0.05, 0.1) is 18.2 Å². The van der Waals surface area contributed by atoms with Gasteiger partial charge in [0.25, 0.3) is 0 Å². The van der Waals surface area contributed by atoms with Crippen molar-refractivity contribution in [1.82, 2.24) is 15.0 Å². The fourth-order valence-corrected chi connectivity index (χ4v) is 4.98. The number of methoxy groups -OCH3 is 1. The number of esters is 1. The average molecular weight is 383 g/mol. The van der Waals surface area contributed by atoms with Crippen molar-refractivity contribution in [1.29, 1.82) is 0 Å². The molecule has 1 aliphatic carbocycles. The van der Waals surface area contributed by atoms with Gasteiger partial charge in [-0.2, -0.15) is 0 Å². The number of aryl methyl sites for hydroxylation is 1. The first kappa shape index (κ1) is 17.7. The minimum Gasteiger partial charge on any atom is -0.468 e.